The topological polar surface area (TPSA) is 59.3 Å². The third kappa shape index (κ3) is 3.72. The number of ether oxygens (including phenoxy) is 1. The first-order valence-corrected chi connectivity index (χ1v) is 6.19. The summed E-state index contributed by atoms with van der Waals surface area (Å²) in [6.07, 6.45) is 5.00. The molecule has 4 nitrogen and oxygen atoms in total. The Morgan fingerprint density at radius 1 is 1.37 bits per heavy atom. The summed E-state index contributed by atoms with van der Waals surface area (Å²) in [6, 6.07) is 6.34. The smallest absolute Gasteiger partial charge is 0.189 e. The molecule has 4 N–H and O–H groups in total. The maximum atomic E-state index is 13.5. The van der Waals surface area contributed by atoms with Crippen LogP contribution in [0, 0.1) is 5.82 Å². The van der Waals surface area contributed by atoms with Crippen LogP contribution in [0.3, 0.4) is 0 Å². The van der Waals surface area contributed by atoms with Gasteiger partial charge in [-0.1, -0.05) is 17.7 Å². The molecule has 0 aliphatic carbocycles. The molecule has 1 unspecified atom stereocenters. The zero-order valence-corrected chi connectivity index (χ0v) is 10.8. The third-order valence-corrected chi connectivity index (χ3v) is 2.92. The Kier molecular flexibility index (Phi) is 4.41. The van der Waals surface area contributed by atoms with Crippen LogP contribution in [0.1, 0.15) is 19.8 Å². The molecule has 1 aromatic carbocycles. The van der Waals surface area contributed by atoms with E-state index in [0.717, 1.165) is 24.1 Å². The first-order chi connectivity index (χ1) is 9.19. The SMILES string of the molecule is C/C1=C/C(Oc2ccccc2F)N/C=C(/NN)CC1. The Labute approximate surface area is 112 Å². The van der Waals surface area contributed by atoms with Gasteiger partial charge in [0.1, 0.15) is 0 Å². The Morgan fingerprint density at radius 2 is 2.16 bits per heavy atom. The molecule has 5 heteroatoms. The molecule has 0 amide bonds. The first kappa shape index (κ1) is 13.4. The minimum Gasteiger partial charge on any atom is -0.464 e. The summed E-state index contributed by atoms with van der Waals surface area (Å²) in [7, 11) is 0. The molecule has 1 aromatic rings. The summed E-state index contributed by atoms with van der Waals surface area (Å²) in [5.41, 5.74) is 4.68. The third-order valence-electron chi connectivity index (χ3n) is 2.92. The van der Waals surface area contributed by atoms with E-state index in [9.17, 15) is 4.39 Å². The number of hydrazine groups is 1. The fraction of sp³-hybridized carbons (Fsp3) is 0.286. The fourth-order valence-corrected chi connectivity index (χ4v) is 1.84. The fourth-order valence-electron chi connectivity index (χ4n) is 1.84. The number of hydrogen-bond donors (Lipinski definition) is 3. The maximum Gasteiger partial charge on any atom is 0.189 e. The first-order valence-electron chi connectivity index (χ1n) is 6.19. The minimum atomic E-state index is -0.416. The average Bonchev–Trinajstić information content (AvgIpc) is 2.39. The highest BCUT2D eigenvalue weighted by molar-refractivity contribution is 5.25. The molecule has 1 atom stereocenters. The van der Waals surface area contributed by atoms with Gasteiger partial charge in [0.25, 0.3) is 0 Å². The predicted octanol–water partition coefficient (Wildman–Crippen LogP) is 2.17. The normalized spacial score (nSPS) is 24.9. The van der Waals surface area contributed by atoms with Crippen LogP contribution in [0.15, 0.2) is 47.8 Å². The van der Waals surface area contributed by atoms with E-state index in [1.807, 2.05) is 13.0 Å². The number of benzene rings is 1. The summed E-state index contributed by atoms with van der Waals surface area (Å²) in [5, 5.41) is 3.06. The van der Waals surface area contributed by atoms with Gasteiger partial charge in [0.2, 0.25) is 0 Å². The van der Waals surface area contributed by atoms with E-state index >= 15 is 0 Å². The molecule has 0 aromatic heterocycles. The summed E-state index contributed by atoms with van der Waals surface area (Å²) in [4.78, 5) is 0. The van der Waals surface area contributed by atoms with Crippen molar-refractivity contribution in [1.82, 2.24) is 10.7 Å². The Balaban J connectivity index is 2.13. The van der Waals surface area contributed by atoms with Crippen LogP contribution in [0.25, 0.3) is 0 Å². The molecule has 0 saturated carbocycles. The van der Waals surface area contributed by atoms with Gasteiger partial charge in [-0.3, -0.25) is 5.84 Å². The van der Waals surface area contributed by atoms with Gasteiger partial charge in [-0.25, -0.2) is 4.39 Å². The van der Waals surface area contributed by atoms with Crippen molar-refractivity contribution in [3.63, 3.8) is 0 Å². The van der Waals surface area contributed by atoms with Crippen LogP contribution >= 0.6 is 0 Å². The summed E-state index contributed by atoms with van der Waals surface area (Å²) >= 11 is 0. The lowest BCUT2D eigenvalue weighted by Gasteiger charge is -2.21. The molecule has 1 aliphatic rings. The van der Waals surface area contributed by atoms with Gasteiger partial charge >= 0.3 is 0 Å². The van der Waals surface area contributed by atoms with E-state index < -0.39 is 6.23 Å². The van der Waals surface area contributed by atoms with Crippen molar-refractivity contribution in [2.24, 2.45) is 5.84 Å². The molecule has 0 saturated heterocycles. The van der Waals surface area contributed by atoms with Crippen LogP contribution in [0.5, 0.6) is 5.75 Å². The van der Waals surface area contributed by atoms with Crippen LogP contribution in [-0.4, -0.2) is 6.23 Å². The van der Waals surface area contributed by atoms with E-state index in [-0.39, 0.29) is 11.6 Å². The zero-order valence-electron chi connectivity index (χ0n) is 10.8. The van der Waals surface area contributed by atoms with Gasteiger partial charge in [-0.05, 0) is 38.0 Å². The van der Waals surface area contributed by atoms with Crippen molar-refractivity contribution in [3.05, 3.63) is 53.6 Å². The number of rotatable bonds is 3. The van der Waals surface area contributed by atoms with Crippen LogP contribution in [0.4, 0.5) is 4.39 Å². The standard InChI is InChI=1S/C14H18FN3O/c1-10-6-7-11(18-16)9-17-14(8-10)19-13-5-3-2-4-12(13)15/h2-5,8-9,14,17-18H,6-7,16H2,1H3/b10-8-,11-9+. The average molecular weight is 263 g/mol. The van der Waals surface area contributed by atoms with Crippen molar-refractivity contribution in [2.75, 3.05) is 0 Å². The summed E-state index contributed by atoms with van der Waals surface area (Å²) in [6.45, 7) is 2.01. The molecule has 1 aliphatic heterocycles. The molecule has 0 radical (unpaired) electrons. The van der Waals surface area contributed by atoms with E-state index in [2.05, 4.69) is 10.7 Å². The second-order valence-electron chi connectivity index (χ2n) is 4.46. The van der Waals surface area contributed by atoms with E-state index in [4.69, 9.17) is 10.6 Å². The lowest BCUT2D eigenvalue weighted by atomic mass is 10.1. The maximum absolute atomic E-state index is 13.5. The molecular weight excluding hydrogens is 245 g/mol. The largest absolute Gasteiger partial charge is 0.464 e. The van der Waals surface area contributed by atoms with Crippen LogP contribution < -0.4 is 21.3 Å². The molecular formula is C14H18FN3O. The van der Waals surface area contributed by atoms with E-state index in [0.29, 0.717) is 0 Å². The number of halogens is 1. The second kappa shape index (κ2) is 6.24. The highest BCUT2D eigenvalue weighted by atomic mass is 19.1. The van der Waals surface area contributed by atoms with Gasteiger partial charge in [0, 0.05) is 11.9 Å². The molecule has 0 fully saturated rings. The van der Waals surface area contributed by atoms with Gasteiger partial charge in [-0.15, -0.1) is 0 Å². The quantitative estimate of drug-likeness (QED) is 0.444. The van der Waals surface area contributed by atoms with Crippen molar-refractivity contribution >= 4 is 0 Å². The lowest BCUT2D eigenvalue weighted by Crippen LogP contribution is -2.33. The highest BCUT2D eigenvalue weighted by Gasteiger charge is 2.12. The molecule has 102 valence electrons. The molecule has 1 heterocycles. The molecule has 2 rings (SSSR count). The molecule has 0 bridgehead atoms. The van der Waals surface area contributed by atoms with Crippen molar-refractivity contribution in [3.8, 4) is 5.75 Å². The monoisotopic (exact) mass is 263 g/mol. The Morgan fingerprint density at radius 3 is 2.89 bits per heavy atom. The van der Waals surface area contributed by atoms with Gasteiger partial charge in [-0.2, -0.15) is 0 Å². The Bertz CT molecular complexity index is 499. The van der Waals surface area contributed by atoms with Crippen molar-refractivity contribution in [1.29, 1.82) is 0 Å². The van der Waals surface area contributed by atoms with Gasteiger partial charge in [0.05, 0.1) is 0 Å². The van der Waals surface area contributed by atoms with Crippen molar-refractivity contribution < 1.29 is 9.13 Å². The summed E-state index contributed by atoms with van der Waals surface area (Å²) < 4.78 is 19.2. The van der Waals surface area contributed by atoms with Gasteiger partial charge < -0.3 is 15.5 Å². The minimum absolute atomic E-state index is 0.222. The van der Waals surface area contributed by atoms with Crippen LogP contribution in [-0.2, 0) is 0 Å². The lowest BCUT2D eigenvalue weighted by molar-refractivity contribution is 0.216. The van der Waals surface area contributed by atoms with E-state index in [1.165, 1.54) is 6.07 Å². The number of nitrogens with one attached hydrogen (secondary N) is 2. The highest BCUT2D eigenvalue weighted by Crippen LogP contribution is 2.19. The predicted molar refractivity (Wildman–Crippen MR) is 72.3 cm³/mol. The number of para-hydroxylation sites is 1. The van der Waals surface area contributed by atoms with Crippen LogP contribution in [0.2, 0.25) is 0 Å². The van der Waals surface area contributed by atoms with Crippen molar-refractivity contribution in [2.45, 2.75) is 26.0 Å². The molecule has 0 spiro atoms. The van der Waals surface area contributed by atoms with Gasteiger partial charge in [0.15, 0.2) is 17.8 Å². The van der Waals surface area contributed by atoms with E-state index in [1.54, 1.807) is 24.4 Å². The number of nitrogens with two attached hydrogens (primary N) is 1. The number of hydrogen-bond acceptors (Lipinski definition) is 4. The summed E-state index contributed by atoms with van der Waals surface area (Å²) in [5.74, 6) is 5.26. The zero-order chi connectivity index (χ0) is 13.7. The second-order valence-corrected chi connectivity index (χ2v) is 4.46. The molecule has 19 heavy (non-hydrogen) atoms. The number of allylic oxidation sites excluding steroid dienone is 2. The Hall–Kier alpha value is -2.01.